The normalized spacial score (nSPS) is 11.7. The predicted octanol–water partition coefficient (Wildman–Crippen LogP) is 6.53. The van der Waals surface area contributed by atoms with Gasteiger partial charge in [0, 0.05) is 9.86 Å². The molecule has 3 rings (SSSR count). The van der Waals surface area contributed by atoms with Crippen molar-refractivity contribution in [3.8, 4) is 22.8 Å². The summed E-state index contributed by atoms with van der Waals surface area (Å²) >= 11 is 10.0. The van der Waals surface area contributed by atoms with Gasteiger partial charge in [0.25, 0.3) is 0 Å². The Morgan fingerprint density at radius 3 is 2.35 bits per heavy atom. The topological polar surface area (TPSA) is 31.4 Å². The van der Waals surface area contributed by atoms with Gasteiger partial charge in [-0.3, -0.25) is 0 Å². The highest BCUT2D eigenvalue weighted by Crippen LogP contribution is 2.42. The molecule has 8 heteroatoms. The van der Waals surface area contributed by atoms with Gasteiger partial charge >= 0.3 is 6.36 Å². The van der Waals surface area contributed by atoms with E-state index in [9.17, 15) is 13.2 Å². The quantitative estimate of drug-likeness (QED) is 0.458. The lowest BCUT2D eigenvalue weighted by molar-refractivity contribution is -0.274. The van der Waals surface area contributed by atoms with Crippen molar-refractivity contribution in [2.24, 2.45) is 0 Å². The Balaban J connectivity index is 2.16. The van der Waals surface area contributed by atoms with E-state index in [2.05, 4.69) is 25.7 Å². The predicted molar refractivity (Wildman–Crippen MR) is 97.9 cm³/mol. The Bertz CT molecular complexity index is 975. The van der Waals surface area contributed by atoms with Crippen LogP contribution in [-0.2, 0) is 0 Å². The van der Waals surface area contributed by atoms with Gasteiger partial charge in [0.2, 0.25) is 5.88 Å². The standard InChI is InChI=1S/C18H12BrClF3NO2/c1-9-7-11(19)8-13-15(20)14(17(25-2)24-16(9)13)10-3-5-12(6-4-10)26-18(21,22)23/h3-8H,1-2H3. The van der Waals surface area contributed by atoms with E-state index in [-0.39, 0.29) is 11.6 Å². The van der Waals surface area contributed by atoms with Crippen molar-refractivity contribution in [2.45, 2.75) is 13.3 Å². The molecular weight excluding hydrogens is 435 g/mol. The summed E-state index contributed by atoms with van der Waals surface area (Å²) < 4.78 is 47.1. The average molecular weight is 447 g/mol. The van der Waals surface area contributed by atoms with Crippen molar-refractivity contribution >= 4 is 38.4 Å². The third-order valence-electron chi connectivity index (χ3n) is 3.72. The first-order valence-corrected chi connectivity index (χ1v) is 8.56. The number of aromatic nitrogens is 1. The van der Waals surface area contributed by atoms with Crippen molar-refractivity contribution in [3.05, 3.63) is 51.5 Å². The first-order valence-electron chi connectivity index (χ1n) is 7.39. The van der Waals surface area contributed by atoms with Gasteiger partial charge in [0.05, 0.1) is 23.2 Å². The molecule has 0 unspecified atom stereocenters. The van der Waals surface area contributed by atoms with Crippen LogP contribution in [0.2, 0.25) is 5.02 Å². The van der Waals surface area contributed by atoms with Crippen LogP contribution in [0.25, 0.3) is 22.0 Å². The van der Waals surface area contributed by atoms with Gasteiger partial charge in [0.1, 0.15) is 5.75 Å². The molecule has 0 aliphatic carbocycles. The Labute approximate surface area is 160 Å². The minimum absolute atomic E-state index is 0.289. The van der Waals surface area contributed by atoms with E-state index >= 15 is 0 Å². The number of rotatable bonds is 3. The van der Waals surface area contributed by atoms with Crippen molar-refractivity contribution in [3.63, 3.8) is 0 Å². The maximum atomic E-state index is 12.3. The summed E-state index contributed by atoms with van der Waals surface area (Å²) in [5.41, 5.74) is 2.66. The van der Waals surface area contributed by atoms with Gasteiger partial charge in [-0.05, 0) is 42.3 Å². The van der Waals surface area contributed by atoms with Crippen molar-refractivity contribution in [2.75, 3.05) is 7.11 Å². The molecular formula is C18H12BrClF3NO2. The summed E-state index contributed by atoms with van der Waals surface area (Å²) in [6, 6.07) is 9.13. The van der Waals surface area contributed by atoms with E-state index in [1.165, 1.54) is 31.4 Å². The molecule has 3 nitrogen and oxygen atoms in total. The molecule has 3 aromatic rings. The van der Waals surface area contributed by atoms with Gasteiger partial charge in [-0.15, -0.1) is 13.2 Å². The molecule has 2 aromatic carbocycles. The van der Waals surface area contributed by atoms with E-state index in [0.29, 0.717) is 27.1 Å². The van der Waals surface area contributed by atoms with Crippen LogP contribution in [0.4, 0.5) is 13.2 Å². The van der Waals surface area contributed by atoms with Crippen LogP contribution in [-0.4, -0.2) is 18.5 Å². The van der Waals surface area contributed by atoms with Gasteiger partial charge in [0.15, 0.2) is 0 Å². The zero-order valence-electron chi connectivity index (χ0n) is 13.6. The summed E-state index contributed by atoms with van der Waals surface area (Å²) in [5.74, 6) is -0.0268. The first-order chi connectivity index (χ1) is 12.2. The molecule has 0 fully saturated rings. The number of hydrogen-bond acceptors (Lipinski definition) is 3. The fourth-order valence-corrected chi connectivity index (χ4v) is 3.56. The van der Waals surface area contributed by atoms with Gasteiger partial charge in [-0.1, -0.05) is 39.7 Å². The lowest BCUT2D eigenvalue weighted by Gasteiger charge is -2.15. The van der Waals surface area contributed by atoms with E-state index in [1.54, 1.807) is 0 Å². The lowest BCUT2D eigenvalue weighted by atomic mass is 10.0. The number of aryl methyl sites for hydroxylation is 1. The van der Waals surface area contributed by atoms with E-state index in [4.69, 9.17) is 16.3 Å². The number of alkyl halides is 3. The van der Waals surface area contributed by atoms with Crippen LogP contribution < -0.4 is 9.47 Å². The molecule has 1 heterocycles. The number of methoxy groups -OCH3 is 1. The number of halogens is 5. The van der Waals surface area contributed by atoms with Gasteiger partial charge in [-0.25, -0.2) is 4.98 Å². The Morgan fingerprint density at radius 2 is 1.77 bits per heavy atom. The summed E-state index contributed by atoms with van der Waals surface area (Å²) in [7, 11) is 1.46. The summed E-state index contributed by atoms with van der Waals surface area (Å²) in [6.07, 6.45) is -4.74. The molecule has 0 saturated heterocycles. The van der Waals surface area contributed by atoms with Crippen LogP contribution in [0.1, 0.15) is 5.56 Å². The number of hydrogen-bond donors (Lipinski definition) is 0. The second kappa shape index (κ2) is 6.96. The number of fused-ring (bicyclic) bond motifs is 1. The number of nitrogens with zero attached hydrogens (tertiary/aromatic N) is 1. The van der Waals surface area contributed by atoms with Crippen molar-refractivity contribution in [1.82, 2.24) is 4.98 Å². The monoisotopic (exact) mass is 445 g/mol. The minimum Gasteiger partial charge on any atom is -0.480 e. The van der Waals surface area contributed by atoms with Crippen LogP contribution in [0.3, 0.4) is 0 Å². The molecule has 0 aliphatic rings. The zero-order chi connectivity index (χ0) is 19.1. The molecule has 26 heavy (non-hydrogen) atoms. The van der Waals surface area contributed by atoms with E-state index in [0.717, 1.165) is 10.0 Å². The van der Waals surface area contributed by atoms with E-state index < -0.39 is 6.36 Å². The van der Waals surface area contributed by atoms with Gasteiger partial charge in [-0.2, -0.15) is 0 Å². The number of pyridine rings is 1. The van der Waals surface area contributed by atoms with Crippen molar-refractivity contribution in [1.29, 1.82) is 0 Å². The van der Waals surface area contributed by atoms with Crippen LogP contribution in [0.5, 0.6) is 11.6 Å². The Hall–Kier alpha value is -1.99. The summed E-state index contributed by atoms with van der Waals surface area (Å²) in [5, 5.41) is 1.12. The lowest BCUT2D eigenvalue weighted by Crippen LogP contribution is -2.16. The largest absolute Gasteiger partial charge is 0.573 e. The smallest absolute Gasteiger partial charge is 0.480 e. The fourth-order valence-electron chi connectivity index (χ4n) is 2.66. The average Bonchev–Trinajstić information content (AvgIpc) is 2.55. The molecule has 0 saturated carbocycles. The molecule has 136 valence electrons. The number of ether oxygens (including phenoxy) is 2. The molecule has 0 amide bonds. The van der Waals surface area contributed by atoms with Gasteiger partial charge < -0.3 is 9.47 Å². The third-order valence-corrected chi connectivity index (χ3v) is 4.57. The first kappa shape index (κ1) is 18.8. The Morgan fingerprint density at radius 1 is 1.12 bits per heavy atom. The second-order valence-corrected chi connectivity index (χ2v) is 6.79. The molecule has 0 atom stereocenters. The maximum absolute atomic E-state index is 12.3. The molecule has 0 N–H and O–H groups in total. The SMILES string of the molecule is COc1nc2c(C)cc(Br)cc2c(Cl)c1-c1ccc(OC(F)(F)F)cc1. The van der Waals surface area contributed by atoms with E-state index in [1.807, 2.05) is 19.1 Å². The fraction of sp³-hybridized carbons (Fsp3) is 0.167. The van der Waals surface area contributed by atoms with Crippen molar-refractivity contribution < 1.29 is 22.6 Å². The Kier molecular flexibility index (Phi) is 5.03. The molecule has 0 radical (unpaired) electrons. The van der Waals surface area contributed by atoms with Crippen LogP contribution >= 0.6 is 27.5 Å². The molecule has 1 aromatic heterocycles. The highest BCUT2D eigenvalue weighted by molar-refractivity contribution is 9.10. The molecule has 0 spiro atoms. The van der Waals surface area contributed by atoms with Crippen LogP contribution in [0.15, 0.2) is 40.9 Å². The number of benzene rings is 2. The second-order valence-electron chi connectivity index (χ2n) is 5.50. The third kappa shape index (κ3) is 3.73. The maximum Gasteiger partial charge on any atom is 0.573 e. The zero-order valence-corrected chi connectivity index (χ0v) is 16.0. The molecule has 0 bridgehead atoms. The minimum atomic E-state index is -4.74. The highest BCUT2D eigenvalue weighted by Gasteiger charge is 2.31. The summed E-state index contributed by atoms with van der Waals surface area (Å²) in [6.45, 7) is 1.90. The highest BCUT2D eigenvalue weighted by atomic mass is 79.9. The van der Waals surface area contributed by atoms with Crippen LogP contribution in [0, 0.1) is 6.92 Å². The summed E-state index contributed by atoms with van der Waals surface area (Å²) in [4.78, 5) is 4.51. The molecule has 0 aliphatic heterocycles.